The van der Waals surface area contributed by atoms with Crippen LogP contribution in [0, 0.1) is 17.8 Å². The second-order valence-corrected chi connectivity index (χ2v) is 4.15. The predicted molar refractivity (Wildman–Crippen MR) is 56.0 cm³/mol. The minimum absolute atomic E-state index is 0.334. The molecule has 0 spiro atoms. The third kappa shape index (κ3) is 3.14. The first-order chi connectivity index (χ1) is 5.54. The third-order valence-electron chi connectivity index (χ3n) is 3.45. The summed E-state index contributed by atoms with van der Waals surface area (Å²) in [7, 11) is 0. The summed E-state index contributed by atoms with van der Waals surface area (Å²) in [5, 5.41) is 0. The molecule has 0 aromatic heterocycles. The third-order valence-corrected chi connectivity index (χ3v) is 3.45. The Balaban J connectivity index is 4.05. The van der Waals surface area contributed by atoms with E-state index in [1.807, 2.05) is 0 Å². The van der Waals surface area contributed by atoms with Gasteiger partial charge in [0.05, 0.1) is 0 Å². The van der Waals surface area contributed by atoms with E-state index in [0.29, 0.717) is 12.0 Å². The number of nitrogens with two attached hydrogens (primary N) is 1. The zero-order chi connectivity index (χ0) is 9.72. The van der Waals surface area contributed by atoms with E-state index in [1.165, 1.54) is 12.8 Å². The maximum atomic E-state index is 5.88. The first-order valence-corrected chi connectivity index (χ1v) is 5.30. The van der Waals surface area contributed by atoms with E-state index in [9.17, 15) is 0 Å². The minimum Gasteiger partial charge on any atom is -0.328 e. The van der Waals surface area contributed by atoms with Gasteiger partial charge in [-0.3, -0.25) is 0 Å². The van der Waals surface area contributed by atoms with Gasteiger partial charge < -0.3 is 5.73 Å². The van der Waals surface area contributed by atoms with Gasteiger partial charge >= 0.3 is 0 Å². The van der Waals surface area contributed by atoms with Crippen molar-refractivity contribution >= 4 is 0 Å². The van der Waals surface area contributed by atoms with Gasteiger partial charge in [-0.1, -0.05) is 40.5 Å². The lowest BCUT2D eigenvalue weighted by Gasteiger charge is -2.29. The number of hydrogen-bond donors (Lipinski definition) is 1. The maximum absolute atomic E-state index is 5.88. The summed E-state index contributed by atoms with van der Waals surface area (Å²) < 4.78 is 0. The highest BCUT2D eigenvalue weighted by Gasteiger charge is 2.22. The van der Waals surface area contributed by atoms with Crippen LogP contribution >= 0.6 is 0 Å². The molecule has 1 nitrogen and oxygen atoms in total. The Kier molecular flexibility index (Phi) is 5.56. The lowest BCUT2D eigenvalue weighted by Crippen LogP contribution is -2.32. The van der Waals surface area contributed by atoms with E-state index in [4.69, 9.17) is 5.73 Å². The van der Waals surface area contributed by atoms with E-state index in [2.05, 4.69) is 34.6 Å². The van der Waals surface area contributed by atoms with Crippen molar-refractivity contribution in [3.63, 3.8) is 0 Å². The lowest BCUT2D eigenvalue weighted by atomic mass is 9.78. The van der Waals surface area contributed by atoms with Gasteiger partial charge in [0, 0.05) is 6.04 Å². The first kappa shape index (κ1) is 12.0. The fourth-order valence-corrected chi connectivity index (χ4v) is 1.94. The van der Waals surface area contributed by atoms with Crippen LogP contribution in [-0.2, 0) is 0 Å². The largest absolute Gasteiger partial charge is 0.328 e. The van der Waals surface area contributed by atoms with E-state index in [0.717, 1.165) is 11.8 Å². The normalized spacial score (nSPS) is 19.2. The maximum Gasteiger partial charge on any atom is 0.00387 e. The van der Waals surface area contributed by atoms with Crippen LogP contribution in [0.1, 0.15) is 47.5 Å². The van der Waals surface area contributed by atoms with Gasteiger partial charge in [0.25, 0.3) is 0 Å². The Hall–Kier alpha value is -0.0400. The Morgan fingerprint density at radius 1 is 0.917 bits per heavy atom. The summed E-state index contributed by atoms with van der Waals surface area (Å²) in [6, 6.07) is 0.334. The number of rotatable bonds is 5. The first-order valence-electron chi connectivity index (χ1n) is 5.30. The summed E-state index contributed by atoms with van der Waals surface area (Å²) in [5.41, 5.74) is 5.88. The Bertz CT molecular complexity index is 104. The Labute approximate surface area is 77.7 Å². The van der Waals surface area contributed by atoms with Crippen LogP contribution in [0.3, 0.4) is 0 Å². The molecular formula is C11H25N. The van der Waals surface area contributed by atoms with Crippen LogP contribution in [0.2, 0.25) is 0 Å². The zero-order valence-corrected chi connectivity index (χ0v) is 9.30. The molecule has 0 aliphatic rings. The van der Waals surface area contributed by atoms with Gasteiger partial charge in [-0.2, -0.15) is 0 Å². The summed E-state index contributed by atoms with van der Waals surface area (Å²) in [6.45, 7) is 11.3. The highest BCUT2D eigenvalue weighted by atomic mass is 14.6. The molecule has 3 atom stereocenters. The van der Waals surface area contributed by atoms with E-state index >= 15 is 0 Å². The molecule has 1 heteroatoms. The van der Waals surface area contributed by atoms with Crippen molar-refractivity contribution in [2.45, 2.75) is 53.5 Å². The monoisotopic (exact) mass is 171 g/mol. The average Bonchev–Trinajstić information content (AvgIpc) is 2.05. The molecule has 0 amide bonds. The van der Waals surface area contributed by atoms with Crippen molar-refractivity contribution in [3.8, 4) is 0 Å². The zero-order valence-electron chi connectivity index (χ0n) is 9.30. The summed E-state index contributed by atoms with van der Waals surface area (Å²) in [4.78, 5) is 0. The van der Waals surface area contributed by atoms with Gasteiger partial charge in [0.2, 0.25) is 0 Å². The highest BCUT2D eigenvalue weighted by molar-refractivity contribution is 4.74. The number of hydrogen-bond acceptors (Lipinski definition) is 1. The molecule has 0 fully saturated rings. The molecule has 12 heavy (non-hydrogen) atoms. The quantitative estimate of drug-likeness (QED) is 0.676. The van der Waals surface area contributed by atoms with E-state index in [-0.39, 0.29) is 0 Å². The van der Waals surface area contributed by atoms with Crippen molar-refractivity contribution in [2.75, 3.05) is 0 Å². The van der Waals surface area contributed by atoms with Crippen molar-refractivity contribution in [1.29, 1.82) is 0 Å². The Morgan fingerprint density at radius 2 is 1.33 bits per heavy atom. The van der Waals surface area contributed by atoms with Gasteiger partial charge in [0.15, 0.2) is 0 Å². The molecule has 0 aromatic rings. The molecule has 0 aliphatic heterocycles. The predicted octanol–water partition coefficient (Wildman–Crippen LogP) is 3.04. The second-order valence-electron chi connectivity index (χ2n) is 4.15. The second kappa shape index (κ2) is 5.58. The van der Waals surface area contributed by atoms with Crippen molar-refractivity contribution < 1.29 is 0 Å². The molecule has 0 aromatic carbocycles. The molecule has 0 saturated carbocycles. The Morgan fingerprint density at radius 3 is 1.58 bits per heavy atom. The van der Waals surface area contributed by atoms with Crippen LogP contribution in [-0.4, -0.2) is 6.04 Å². The molecule has 74 valence electrons. The molecule has 2 N–H and O–H groups in total. The van der Waals surface area contributed by atoms with E-state index < -0.39 is 0 Å². The van der Waals surface area contributed by atoms with Gasteiger partial charge in [-0.05, 0) is 24.7 Å². The molecule has 0 rings (SSSR count). The smallest absolute Gasteiger partial charge is 0.00387 e. The molecular weight excluding hydrogens is 146 g/mol. The van der Waals surface area contributed by atoms with Crippen LogP contribution < -0.4 is 5.73 Å². The topological polar surface area (TPSA) is 26.0 Å². The van der Waals surface area contributed by atoms with Crippen LogP contribution in [0.5, 0.6) is 0 Å². The van der Waals surface area contributed by atoms with Crippen LogP contribution in [0.25, 0.3) is 0 Å². The molecule has 3 unspecified atom stereocenters. The van der Waals surface area contributed by atoms with Crippen molar-refractivity contribution in [3.05, 3.63) is 0 Å². The molecule has 0 heterocycles. The fourth-order valence-electron chi connectivity index (χ4n) is 1.94. The molecule has 0 radical (unpaired) electrons. The minimum atomic E-state index is 0.334. The van der Waals surface area contributed by atoms with Gasteiger partial charge in [-0.25, -0.2) is 0 Å². The van der Waals surface area contributed by atoms with E-state index in [1.54, 1.807) is 0 Å². The summed E-state index contributed by atoms with van der Waals surface area (Å²) >= 11 is 0. The molecule has 0 bridgehead atoms. The van der Waals surface area contributed by atoms with Crippen molar-refractivity contribution in [1.82, 2.24) is 0 Å². The van der Waals surface area contributed by atoms with Crippen molar-refractivity contribution in [2.24, 2.45) is 23.5 Å². The van der Waals surface area contributed by atoms with Crippen LogP contribution in [0.4, 0.5) is 0 Å². The van der Waals surface area contributed by atoms with Crippen LogP contribution in [0.15, 0.2) is 0 Å². The lowest BCUT2D eigenvalue weighted by molar-refractivity contribution is 0.225. The standard InChI is InChI=1S/C11H25N/c1-6-11(7-2)9(4)8(3)10(5)12/h8-11H,6-7,12H2,1-5H3. The highest BCUT2D eigenvalue weighted by Crippen LogP contribution is 2.27. The fraction of sp³-hybridized carbons (Fsp3) is 1.00. The molecule has 0 aliphatic carbocycles. The van der Waals surface area contributed by atoms with Gasteiger partial charge in [-0.15, -0.1) is 0 Å². The SMILES string of the molecule is CCC(CC)C(C)C(C)C(C)N. The summed E-state index contributed by atoms with van der Waals surface area (Å²) in [6.07, 6.45) is 2.57. The summed E-state index contributed by atoms with van der Waals surface area (Å²) in [5.74, 6) is 2.26. The molecule has 0 saturated heterocycles. The van der Waals surface area contributed by atoms with Gasteiger partial charge in [0.1, 0.15) is 0 Å². The average molecular weight is 171 g/mol.